The van der Waals surface area contributed by atoms with Gasteiger partial charge in [0, 0.05) is 5.92 Å². The summed E-state index contributed by atoms with van der Waals surface area (Å²) in [6.45, 7) is 0. The third-order valence-corrected chi connectivity index (χ3v) is 3.66. The Bertz CT molecular complexity index is 785. The Morgan fingerprint density at radius 2 is 1.86 bits per heavy atom. The lowest BCUT2D eigenvalue weighted by atomic mass is 10.1. The van der Waals surface area contributed by atoms with E-state index in [0.29, 0.717) is 5.89 Å². The van der Waals surface area contributed by atoms with Crippen LogP contribution in [-0.2, 0) is 4.79 Å². The zero-order valence-electron chi connectivity index (χ0n) is 11.4. The van der Waals surface area contributed by atoms with E-state index in [1.165, 1.54) is 0 Å². The van der Waals surface area contributed by atoms with Crippen molar-refractivity contribution in [2.24, 2.45) is 5.92 Å². The summed E-state index contributed by atoms with van der Waals surface area (Å²) in [5, 5.41) is 2.98. The maximum atomic E-state index is 12.0. The van der Waals surface area contributed by atoms with Gasteiger partial charge in [-0.05, 0) is 37.1 Å². The average Bonchev–Trinajstić information content (AvgIpc) is 3.27. The van der Waals surface area contributed by atoms with Crippen molar-refractivity contribution in [2.75, 3.05) is 5.32 Å². The van der Waals surface area contributed by atoms with E-state index >= 15 is 0 Å². The molecule has 104 valence electrons. The van der Waals surface area contributed by atoms with Gasteiger partial charge < -0.3 is 9.73 Å². The number of carbonyl (C=O) groups excluding carboxylic acids is 1. The highest BCUT2D eigenvalue weighted by Gasteiger charge is 2.30. The van der Waals surface area contributed by atoms with Crippen LogP contribution in [0.15, 0.2) is 52.9 Å². The van der Waals surface area contributed by atoms with Gasteiger partial charge >= 0.3 is 0 Å². The number of hydrogen-bond acceptors (Lipinski definition) is 3. The van der Waals surface area contributed by atoms with Gasteiger partial charge in [0.25, 0.3) is 0 Å². The molecule has 3 aromatic rings. The standard InChI is InChI=1S/C17H14N2O2/c20-16(11-9-10-11)18-13-6-2-1-5-12(13)17-19-14-7-3-4-8-15(14)21-17/h1-8,11H,9-10H2,(H,18,20). The first kappa shape index (κ1) is 12.1. The van der Waals surface area contributed by atoms with Crippen LogP contribution >= 0.6 is 0 Å². The monoisotopic (exact) mass is 278 g/mol. The van der Waals surface area contributed by atoms with Crippen LogP contribution in [0.25, 0.3) is 22.6 Å². The Hall–Kier alpha value is -2.62. The minimum Gasteiger partial charge on any atom is -0.436 e. The van der Waals surface area contributed by atoms with Gasteiger partial charge in [-0.25, -0.2) is 4.98 Å². The highest BCUT2D eigenvalue weighted by atomic mass is 16.3. The number of nitrogens with zero attached hydrogens (tertiary/aromatic N) is 1. The molecule has 1 aliphatic rings. The number of amides is 1. The van der Waals surface area contributed by atoms with Crippen molar-refractivity contribution in [3.05, 3.63) is 48.5 Å². The van der Waals surface area contributed by atoms with Crippen molar-refractivity contribution in [3.63, 3.8) is 0 Å². The summed E-state index contributed by atoms with van der Waals surface area (Å²) in [7, 11) is 0. The molecule has 1 amide bonds. The maximum Gasteiger partial charge on any atom is 0.229 e. The SMILES string of the molecule is O=C(Nc1ccccc1-c1nc2ccccc2o1)C1CC1. The van der Waals surface area contributed by atoms with Gasteiger partial charge in [0.05, 0.1) is 11.3 Å². The molecule has 1 N–H and O–H groups in total. The fraction of sp³-hybridized carbons (Fsp3) is 0.176. The van der Waals surface area contributed by atoms with Crippen LogP contribution in [0.1, 0.15) is 12.8 Å². The molecule has 0 bridgehead atoms. The molecule has 0 aliphatic heterocycles. The second kappa shape index (κ2) is 4.74. The maximum absolute atomic E-state index is 12.0. The number of para-hydroxylation sites is 3. The van der Waals surface area contributed by atoms with Crippen LogP contribution in [0.3, 0.4) is 0 Å². The molecular formula is C17H14N2O2. The van der Waals surface area contributed by atoms with Crippen LogP contribution < -0.4 is 5.32 Å². The number of rotatable bonds is 3. The summed E-state index contributed by atoms with van der Waals surface area (Å²) in [4.78, 5) is 16.5. The normalized spacial score (nSPS) is 14.3. The first-order chi connectivity index (χ1) is 10.3. The molecular weight excluding hydrogens is 264 g/mol. The van der Waals surface area contributed by atoms with Crippen LogP contribution in [0.2, 0.25) is 0 Å². The smallest absolute Gasteiger partial charge is 0.229 e. The largest absolute Gasteiger partial charge is 0.436 e. The number of hydrogen-bond donors (Lipinski definition) is 1. The third-order valence-electron chi connectivity index (χ3n) is 3.66. The van der Waals surface area contributed by atoms with Gasteiger partial charge in [-0.15, -0.1) is 0 Å². The van der Waals surface area contributed by atoms with E-state index in [1.807, 2.05) is 48.5 Å². The summed E-state index contributed by atoms with van der Waals surface area (Å²) in [5.41, 5.74) is 3.12. The molecule has 1 heterocycles. The Balaban J connectivity index is 1.74. The fourth-order valence-electron chi connectivity index (χ4n) is 2.35. The number of aromatic nitrogens is 1. The summed E-state index contributed by atoms with van der Waals surface area (Å²) in [6.07, 6.45) is 1.97. The Morgan fingerprint density at radius 3 is 2.67 bits per heavy atom. The number of nitrogens with one attached hydrogen (secondary N) is 1. The van der Waals surface area contributed by atoms with Gasteiger partial charge in [0.15, 0.2) is 5.58 Å². The summed E-state index contributed by atoms with van der Waals surface area (Å²) >= 11 is 0. The van der Waals surface area contributed by atoms with E-state index < -0.39 is 0 Å². The minimum absolute atomic E-state index is 0.0820. The zero-order chi connectivity index (χ0) is 14.2. The van der Waals surface area contributed by atoms with Gasteiger partial charge in [-0.2, -0.15) is 0 Å². The van der Waals surface area contributed by atoms with Crippen molar-refractivity contribution in [2.45, 2.75) is 12.8 Å². The van der Waals surface area contributed by atoms with Crippen LogP contribution in [-0.4, -0.2) is 10.9 Å². The zero-order valence-corrected chi connectivity index (χ0v) is 11.4. The summed E-state index contributed by atoms with van der Waals surface area (Å²) < 4.78 is 5.79. The van der Waals surface area contributed by atoms with Gasteiger partial charge in [-0.1, -0.05) is 24.3 Å². The van der Waals surface area contributed by atoms with Crippen LogP contribution in [0.5, 0.6) is 0 Å². The topological polar surface area (TPSA) is 55.1 Å². The average molecular weight is 278 g/mol. The van der Waals surface area contributed by atoms with E-state index in [1.54, 1.807) is 0 Å². The Morgan fingerprint density at radius 1 is 1.10 bits per heavy atom. The number of carbonyl (C=O) groups is 1. The minimum atomic E-state index is 0.0820. The highest BCUT2D eigenvalue weighted by molar-refractivity contribution is 5.97. The van der Waals surface area contributed by atoms with Gasteiger partial charge in [0.1, 0.15) is 5.52 Å². The lowest BCUT2D eigenvalue weighted by Crippen LogP contribution is -2.13. The summed E-state index contributed by atoms with van der Waals surface area (Å²) in [5.74, 6) is 0.781. The van der Waals surface area contributed by atoms with E-state index in [0.717, 1.165) is 35.2 Å². The highest BCUT2D eigenvalue weighted by Crippen LogP contribution is 2.33. The van der Waals surface area contributed by atoms with Crippen molar-refractivity contribution in [3.8, 4) is 11.5 Å². The number of fused-ring (bicyclic) bond motifs is 1. The first-order valence-corrected chi connectivity index (χ1v) is 7.07. The number of oxazole rings is 1. The van der Waals surface area contributed by atoms with E-state index in [2.05, 4.69) is 10.3 Å². The lowest BCUT2D eigenvalue weighted by Gasteiger charge is -2.07. The molecule has 0 atom stereocenters. The van der Waals surface area contributed by atoms with Crippen LogP contribution in [0, 0.1) is 5.92 Å². The lowest BCUT2D eigenvalue weighted by molar-refractivity contribution is -0.117. The van der Waals surface area contributed by atoms with Crippen molar-refractivity contribution in [1.29, 1.82) is 0 Å². The number of anilines is 1. The molecule has 1 aromatic heterocycles. The molecule has 4 heteroatoms. The van der Waals surface area contributed by atoms with Gasteiger partial charge in [0.2, 0.25) is 11.8 Å². The molecule has 0 saturated heterocycles. The molecule has 4 rings (SSSR count). The first-order valence-electron chi connectivity index (χ1n) is 7.07. The van der Waals surface area contributed by atoms with Crippen molar-refractivity contribution in [1.82, 2.24) is 4.98 Å². The van der Waals surface area contributed by atoms with E-state index in [4.69, 9.17) is 4.42 Å². The second-order valence-corrected chi connectivity index (χ2v) is 5.30. The molecule has 0 radical (unpaired) electrons. The second-order valence-electron chi connectivity index (χ2n) is 5.30. The molecule has 2 aromatic carbocycles. The van der Waals surface area contributed by atoms with E-state index in [9.17, 15) is 4.79 Å². The predicted molar refractivity (Wildman–Crippen MR) is 80.8 cm³/mol. The Kier molecular flexibility index (Phi) is 2.74. The molecule has 1 aliphatic carbocycles. The quantitative estimate of drug-likeness (QED) is 0.791. The van der Waals surface area contributed by atoms with Gasteiger partial charge in [-0.3, -0.25) is 4.79 Å². The molecule has 0 spiro atoms. The molecule has 1 saturated carbocycles. The molecule has 4 nitrogen and oxygen atoms in total. The van der Waals surface area contributed by atoms with Crippen molar-refractivity contribution < 1.29 is 9.21 Å². The molecule has 21 heavy (non-hydrogen) atoms. The third kappa shape index (κ3) is 2.29. The predicted octanol–water partition coefficient (Wildman–Crippen LogP) is 3.84. The number of benzene rings is 2. The summed E-state index contributed by atoms with van der Waals surface area (Å²) in [6, 6.07) is 15.2. The molecule has 1 fully saturated rings. The molecule has 0 unspecified atom stereocenters. The Labute approximate surface area is 121 Å². The van der Waals surface area contributed by atoms with Crippen LogP contribution in [0.4, 0.5) is 5.69 Å². The fourth-order valence-corrected chi connectivity index (χ4v) is 2.35. The van der Waals surface area contributed by atoms with Crippen molar-refractivity contribution >= 4 is 22.7 Å². The van der Waals surface area contributed by atoms with E-state index in [-0.39, 0.29) is 11.8 Å².